The lowest BCUT2D eigenvalue weighted by molar-refractivity contribution is 0.301. The lowest BCUT2D eigenvalue weighted by Crippen LogP contribution is -2.27. The number of pyridine rings is 1. The molecule has 25 heavy (non-hydrogen) atoms. The van der Waals surface area contributed by atoms with Gasteiger partial charge in [0.1, 0.15) is 5.82 Å². The fourth-order valence-corrected chi connectivity index (χ4v) is 3.49. The number of anilines is 1. The molecule has 0 spiro atoms. The van der Waals surface area contributed by atoms with Crippen LogP contribution < -0.4 is 5.32 Å². The van der Waals surface area contributed by atoms with Gasteiger partial charge in [-0.2, -0.15) is 5.10 Å². The SMILES string of the molecule is CN1CCCC1CCNc1nc(-c2ccncc2)nc2c1cnn2C. The highest BCUT2D eigenvalue weighted by Crippen LogP contribution is 2.25. The molecule has 0 amide bonds. The third kappa shape index (κ3) is 3.19. The summed E-state index contributed by atoms with van der Waals surface area (Å²) >= 11 is 0. The largest absolute Gasteiger partial charge is 0.369 e. The molecule has 1 fully saturated rings. The lowest BCUT2D eigenvalue weighted by Gasteiger charge is -2.19. The summed E-state index contributed by atoms with van der Waals surface area (Å²) in [5.41, 5.74) is 1.79. The first-order valence-electron chi connectivity index (χ1n) is 8.76. The van der Waals surface area contributed by atoms with E-state index >= 15 is 0 Å². The molecule has 0 aromatic carbocycles. The van der Waals surface area contributed by atoms with Crippen LogP contribution in [0.4, 0.5) is 5.82 Å². The standard InChI is InChI=1S/C18H23N7/c1-24-11-3-4-14(24)7-10-20-17-15-12-21-25(2)18(15)23-16(22-17)13-5-8-19-9-6-13/h5-6,8-9,12,14H,3-4,7,10-11H2,1-2H3,(H,20,22,23). The van der Waals surface area contributed by atoms with Crippen LogP contribution in [0.5, 0.6) is 0 Å². The third-order valence-electron chi connectivity index (χ3n) is 4.97. The summed E-state index contributed by atoms with van der Waals surface area (Å²) in [4.78, 5) is 15.9. The maximum absolute atomic E-state index is 4.75. The van der Waals surface area contributed by atoms with E-state index in [1.165, 1.54) is 19.4 Å². The van der Waals surface area contributed by atoms with Gasteiger partial charge in [0.2, 0.25) is 0 Å². The molecule has 1 aliphatic heterocycles. The number of aromatic nitrogens is 5. The fourth-order valence-electron chi connectivity index (χ4n) is 3.49. The highest BCUT2D eigenvalue weighted by atomic mass is 15.3. The molecule has 3 aromatic rings. The van der Waals surface area contributed by atoms with Crippen molar-refractivity contribution in [3.05, 3.63) is 30.7 Å². The van der Waals surface area contributed by atoms with Crippen molar-refractivity contribution < 1.29 is 0 Å². The maximum atomic E-state index is 4.75. The predicted molar refractivity (Wildman–Crippen MR) is 98.3 cm³/mol. The van der Waals surface area contributed by atoms with Crippen LogP contribution in [-0.4, -0.2) is 55.8 Å². The van der Waals surface area contributed by atoms with Gasteiger partial charge >= 0.3 is 0 Å². The van der Waals surface area contributed by atoms with Crippen LogP contribution in [0, 0.1) is 0 Å². The number of likely N-dealkylation sites (tertiary alicyclic amines) is 1. The van der Waals surface area contributed by atoms with Gasteiger partial charge in [0.15, 0.2) is 11.5 Å². The monoisotopic (exact) mass is 337 g/mol. The van der Waals surface area contributed by atoms with Gasteiger partial charge in [-0.25, -0.2) is 9.97 Å². The summed E-state index contributed by atoms with van der Waals surface area (Å²) in [5, 5.41) is 8.81. The zero-order valence-corrected chi connectivity index (χ0v) is 14.7. The minimum Gasteiger partial charge on any atom is -0.369 e. The molecule has 7 nitrogen and oxygen atoms in total. The molecule has 1 N–H and O–H groups in total. The van der Waals surface area contributed by atoms with Crippen LogP contribution in [0.1, 0.15) is 19.3 Å². The molecule has 4 rings (SSSR count). The second kappa shape index (κ2) is 6.76. The van der Waals surface area contributed by atoms with E-state index in [1.807, 2.05) is 25.4 Å². The molecule has 1 aliphatic rings. The van der Waals surface area contributed by atoms with Crippen molar-refractivity contribution in [3.8, 4) is 11.4 Å². The first-order chi connectivity index (χ1) is 12.2. The second-order valence-electron chi connectivity index (χ2n) is 6.63. The Hall–Kier alpha value is -2.54. The highest BCUT2D eigenvalue weighted by Gasteiger charge is 2.20. The van der Waals surface area contributed by atoms with Crippen molar-refractivity contribution in [3.63, 3.8) is 0 Å². The minimum absolute atomic E-state index is 0.665. The van der Waals surface area contributed by atoms with Gasteiger partial charge in [0.25, 0.3) is 0 Å². The van der Waals surface area contributed by atoms with Gasteiger partial charge in [0.05, 0.1) is 11.6 Å². The Morgan fingerprint density at radius 3 is 2.80 bits per heavy atom. The van der Waals surface area contributed by atoms with Gasteiger partial charge in [-0.3, -0.25) is 9.67 Å². The first-order valence-corrected chi connectivity index (χ1v) is 8.76. The van der Waals surface area contributed by atoms with E-state index in [4.69, 9.17) is 4.98 Å². The normalized spacial score (nSPS) is 18.1. The number of hydrogen-bond acceptors (Lipinski definition) is 6. The van der Waals surface area contributed by atoms with Crippen LogP contribution in [0.15, 0.2) is 30.7 Å². The second-order valence-corrected chi connectivity index (χ2v) is 6.63. The number of nitrogens with one attached hydrogen (secondary N) is 1. The third-order valence-corrected chi connectivity index (χ3v) is 4.97. The number of rotatable bonds is 5. The van der Waals surface area contributed by atoms with Crippen molar-refractivity contribution in [1.29, 1.82) is 0 Å². The molecule has 0 aliphatic carbocycles. The molecule has 0 bridgehead atoms. The van der Waals surface area contributed by atoms with E-state index in [0.29, 0.717) is 11.9 Å². The molecular weight excluding hydrogens is 314 g/mol. The van der Waals surface area contributed by atoms with E-state index in [0.717, 1.165) is 35.4 Å². The summed E-state index contributed by atoms with van der Waals surface area (Å²) in [5.74, 6) is 1.55. The lowest BCUT2D eigenvalue weighted by atomic mass is 10.1. The fraction of sp³-hybridized carbons (Fsp3) is 0.444. The van der Waals surface area contributed by atoms with Crippen LogP contribution in [0.2, 0.25) is 0 Å². The zero-order valence-electron chi connectivity index (χ0n) is 14.7. The molecule has 130 valence electrons. The number of fused-ring (bicyclic) bond motifs is 1. The predicted octanol–water partition coefficient (Wildman–Crippen LogP) is 2.32. The first kappa shape index (κ1) is 16.0. The van der Waals surface area contributed by atoms with E-state index in [2.05, 4.69) is 32.3 Å². The molecule has 0 radical (unpaired) electrons. The summed E-state index contributed by atoms with van der Waals surface area (Å²) in [6, 6.07) is 4.52. The number of aryl methyl sites for hydroxylation is 1. The number of hydrogen-bond donors (Lipinski definition) is 1. The van der Waals surface area contributed by atoms with Gasteiger partial charge in [-0.15, -0.1) is 0 Å². The quantitative estimate of drug-likeness (QED) is 0.770. The Morgan fingerprint density at radius 1 is 1.20 bits per heavy atom. The van der Waals surface area contributed by atoms with Crippen molar-refractivity contribution in [2.45, 2.75) is 25.3 Å². The highest BCUT2D eigenvalue weighted by molar-refractivity contribution is 5.88. The summed E-state index contributed by atoms with van der Waals surface area (Å²) in [6.45, 7) is 2.10. The maximum Gasteiger partial charge on any atom is 0.164 e. The zero-order chi connectivity index (χ0) is 17.2. The Balaban J connectivity index is 1.60. The van der Waals surface area contributed by atoms with Crippen molar-refractivity contribution in [1.82, 2.24) is 29.6 Å². The van der Waals surface area contributed by atoms with Gasteiger partial charge in [-0.05, 0) is 45.0 Å². The number of nitrogens with zero attached hydrogens (tertiary/aromatic N) is 6. The summed E-state index contributed by atoms with van der Waals surface area (Å²) < 4.78 is 1.79. The van der Waals surface area contributed by atoms with E-state index < -0.39 is 0 Å². The minimum atomic E-state index is 0.665. The van der Waals surface area contributed by atoms with Crippen molar-refractivity contribution in [2.24, 2.45) is 7.05 Å². The van der Waals surface area contributed by atoms with E-state index in [1.54, 1.807) is 17.1 Å². The molecular formula is C18H23N7. The average molecular weight is 337 g/mol. The smallest absolute Gasteiger partial charge is 0.164 e. The molecule has 0 saturated carbocycles. The van der Waals surface area contributed by atoms with E-state index in [-0.39, 0.29) is 0 Å². The van der Waals surface area contributed by atoms with Crippen molar-refractivity contribution >= 4 is 16.9 Å². The molecule has 1 atom stereocenters. The average Bonchev–Trinajstić information content (AvgIpc) is 3.22. The Morgan fingerprint density at radius 2 is 2.04 bits per heavy atom. The van der Waals surface area contributed by atoms with Crippen LogP contribution in [-0.2, 0) is 7.05 Å². The summed E-state index contributed by atoms with van der Waals surface area (Å²) in [7, 11) is 4.12. The Kier molecular flexibility index (Phi) is 4.31. The van der Waals surface area contributed by atoms with Crippen LogP contribution in [0.25, 0.3) is 22.4 Å². The van der Waals surface area contributed by atoms with Crippen LogP contribution >= 0.6 is 0 Å². The molecule has 4 heterocycles. The topological polar surface area (TPSA) is 71.8 Å². The Bertz CT molecular complexity index is 858. The molecule has 7 heteroatoms. The van der Waals surface area contributed by atoms with E-state index in [9.17, 15) is 0 Å². The molecule has 1 unspecified atom stereocenters. The van der Waals surface area contributed by atoms with Gasteiger partial charge < -0.3 is 10.2 Å². The van der Waals surface area contributed by atoms with Crippen molar-refractivity contribution in [2.75, 3.05) is 25.5 Å². The van der Waals surface area contributed by atoms with Gasteiger partial charge in [-0.1, -0.05) is 0 Å². The Labute approximate surface area is 147 Å². The van der Waals surface area contributed by atoms with Crippen LogP contribution in [0.3, 0.4) is 0 Å². The van der Waals surface area contributed by atoms with Gasteiger partial charge in [0, 0.05) is 37.6 Å². The molecule has 3 aromatic heterocycles. The molecule has 1 saturated heterocycles. The summed E-state index contributed by atoms with van der Waals surface area (Å²) in [6.07, 6.45) is 9.05.